The van der Waals surface area contributed by atoms with E-state index in [1.54, 1.807) is 26.2 Å². The Kier molecular flexibility index (Phi) is 61.8. The first kappa shape index (κ1) is 67.1. The van der Waals surface area contributed by atoms with E-state index >= 15 is 0 Å². The van der Waals surface area contributed by atoms with E-state index in [0.717, 1.165) is 27.5 Å². The van der Waals surface area contributed by atoms with Gasteiger partial charge < -0.3 is 67.2 Å². The molecule has 0 bridgehead atoms. The van der Waals surface area contributed by atoms with E-state index in [2.05, 4.69) is 126 Å². The van der Waals surface area contributed by atoms with Crippen molar-refractivity contribution in [2.24, 2.45) is 0 Å². The fraction of sp³-hybridized carbons (Fsp3) is 0.304. The van der Waals surface area contributed by atoms with Gasteiger partial charge in [-0.25, -0.2) is 15.2 Å². The van der Waals surface area contributed by atoms with E-state index in [1.165, 1.54) is 22.9 Å². The number of aromatic nitrogens is 16. The summed E-state index contributed by atoms with van der Waals surface area (Å²) >= 11 is 2.79. The Hall–Kier alpha value is -1.02. The van der Waals surface area contributed by atoms with Gasteiger partial charge in [-0.2, -0.15) is 5.16 Å². The molecule has 7 aromatic rings. The van der Waals surface area contributed by atoms with Crippen LogP contribution in [-0.2, 0) is 130 Å². The Morgan fingerprint density at radius 2 is 1.24 bits per heavy atom. The van der Waals surface area contributed by atoms with Crippen LogP contribution in [0.15, 0.2) is 21.3 Å². The first-order valence-electron chi connectivity index (χ1n) is 11.4. The number of hydrogen-bond acceptors (Lipinski definition) is 17. The second kappa shape index (κ2) is 46.0. The molecular weight excluding hydrogens is 953 g/mol. The maximum atomic E-state index is 4.49. The fourth-order valence-electron chi connectivity index (χ4n) is 1.60. The van der Waals surface area contributed by atoms with Crippen LogP contribution < -0.4 is 0 Å². The van der Waals surface area contributed by atoms with Gasteiger partial charge in [0.1, 0.15) is 5.82 Å². The van der Waals surface area contributed by atoms with E-state index in [4.69, 9.17) is 0 Å². The fourth-order valence-corrected chi connectivity index (χ4v) is 2.19. The number of hydrogen-bond donors (Lipinski definition) is 3. The zero-order chi connectivity index (χ0) is 30.8. The SMILES string of the molecule is Cc1n[c-]n[nH]1.Cc1n[c-]n[nH]1.Cc1n[c-]no1.Cc1n[c-]ns1.Cc1ncc[nH]1.Cc1nn[c-]o1.Cc1nn[c-]s1.[CH3-].[V].[V].[V].[V].[V].[V].[V]. The summed E-state index contributed by atoms with van der Waals surface area (Å²) < 4.78 is 12.5. The first-order valence-corrected chi connectivity index (χ1v) is 13.0. The van der Waals surface area contributed by atoms with Crippen molar-refractivity contribution in [3.8, 4) is 0 Å². The molecule has 0 aliphatic rings. The molecule has 267 valence electrons. The first-order chi connectivity index (χ1) is 20.3. The van der Waals surface area contributed by atoms with Gasteiger partial charge in [0, 0.05) is 142 Å². The molecule has 7 heterocycles. The topological polar surface area (TPSA) is 241 Å². The molecule has 27 heteroatoms. The number of rotatable bonds is 0. The summed E-state index contributed by atoms with van der Waals surface area (Å²) in [7, 11) is 0. The van der Waals surface area contributed by atoms with Crippen molar-refractivity contribution in [1.82, 2.24) is 80.2 Å². The van der Waals surface area contributed by atoms with Crippen LogP contribution in [0.5, 0.6) is 0 Å². The summed E-state index contributed by atoms with van der Waals surface area (Å²) in [6.07, 6.45) is 15.2. The van der Waals surface area contributed by atoms with Gasteiger partial charge in [-0.05, 0) is 53.9 Å². The monoisotopic (exact) mass is 982 g/mol. The van der Waals surface area contributed by atoms with E-state index in [-0.39, 0.29) is 137 Å². The molecule has 0 aliphatic heterocycles. The minimum atomic E-state index is 0. The third kappa shape index (κ3) is 43.1. The van der Waals surface area contributed by atoms with Crippen LogP contribution in [0.1, 0.15) is 39.3 Å². The Labute approximate surface area is 382 Å². The average Bonchev–Trinajstić information content (AvgIpc) is 3.79. The van der Waals surface area contributed by atoms with E-state index in [9.17, 15) is 0 Å². The van der Waals surface area contributed by atoms with Gasteiger partial charge in [0.05, 0.1) is 18.2 Å². The number of H-pyrrole nitrogens is 3. The summed E-state index contributed by atoms with van der Waals surface area (Å²) in [6.45, 7) is 12.8. The molecule has 0 aromatic carbocycles. The summed E-state index contributed by atoms with van der Waals surface area (Å²) in [5, 5.41) is 31.1. The predicted octanol–water partition coefficient (Wildman–Crippen LogP) is 2.63. The van der Waals surface area contributed by atoms with Crippen molar-refractivity contribution in [3.63, 3.8) is 0 Å². The van der Waals surface area contributed by atoms with Gasteiger partial charge in [-0.1, -0.05) is 47.1 Å². The van der Waals surface area contributed by atoms with Gasteiger partial charge in [0.25, 0.3) is 0 Å². The van der Waals surface area contributed by atoms with Crippen LogP contribution >= 0.6 is 22.9 Å². The Morgan fingerprint density at radius 1 is 0.640 bits per heavy atom. The van der Waals surface area contributed by atoms with Gasteiger partial charge in [-0.3, -0.25) is 20.4 Å². The van der Waals surface area contributed by atoms with E-state index in [0.29, 0.717) is 11.8 Å². The van der Waals surface area contributed by atoms with Crippen LogP contribution in [-0.4, -0.2) is 80.2 Å². The second-order valence-corrected chi connectivity index (χ2v) is 8.80. The van der Waals surface area contributed by atoms with Gasteiger partial charge in [0.15, 0.2) is 0 Å². The van der Waals surface area contributed by atoms with Crippen molar-refractivity contribution in [2.45, 2.75) is 48.5 Å². The third-order valence-electron chi connectivity index (χ3n) is 3.31. The van der Waals surface area contributed by atoms with Crippen LogP contribution in [0.3, 0.4) is 0 Å². The number of imidazole rings is 1. The minimum absolute atomic E-state index is 0. The zero-order valence-electron chi connectivity index (χ0n) is 27.7. The molecule has 7 rings (SSSR count). The van der Waals surface area contributed by atoms with Crippen molar-refractivity contribution in [2.75, 3.05) is 0 Å². The Bertz CT molecular complexity index is 1130. The largest absolute Gasteiger partial charge is 0.613 e. The molecular formula is C23H29N16O2S2V7-7. The van der Waals surface area contributed by atoms with Crippen molar-refractivity contribution in [3.05, 3.63) is 96.3 Å². The average molecular weight is 982 g/mol. The van der Waals surface area contributed by atoms with Crippen molar-refractivity contribution in [1.29, 1.82) is 0 Å². The number of nitrogens with one attached hydrogen (secondary N) is 3. The molecule has 18 nitrogen and oxygen atoms in total. The molecule has 3 N–H and O–H groups in total. The van der Waals surface area contributed by atoms with Crippen LogP contribution in [0.25, 0.3) is 0 Å². The molecule has 0 spiro atoms. The molecule has 0 saturated carbocycles. The molecule has 0 atom stereocenters. The Balaban J connectivity index is -0.0000000668. The van der Waals surface area contributed by atoms with E-state index < -0.39 is 0 Å². The van der Waals surface area contributed by atoms with Gasteiger partial charge in [0.2, 0.25) is 0 Å². The van der Waals surface area contributed by atoms with Crippen molar-refractivity contribution < 1.29 is 139 Å². The number of aryl methyl sites for hydroxylation is 7. The van der Waals surface area contributed by atoms with Crippen molar-refractivity contribution >= 4 is 22.9 Å². The molecule has 0 amide bonds. The normalized spacial score (nSPS) is 7.42. The van der Waals surface area contributed by atoms with Gasteiger partial charge in [-0.15, -0.1) is 11.5 Å². The summed E-state index contributed by atoms with van der Waals surface area (Å²) in [5.74, 6) is 3.67. The molecule has 0 aliphatic carbocycles. The number of nitrogens with zero attached hydrogens (tertiary/aromatic N) is 13. The summed E-state index contributed by atoms with van der Waals surface area (Å²) in [5.41, 5.74) is 2.61. The standard InChI is InChI=1S/C4H6N2.2C3H4N3.2C3H3N2O.2C3H3N2S.CH3.7V/c1-4-5-2-3-6-4;2*1-3-4-2-5-6-3;1-3-5-4-2-6-3;1-3-4-2-5-6-3;1-3-5-4-2-6-3;1-3-4-2-5-6-3;;;;;;;;/h2-3H,1H3,(H,5,6);2*1H3,(H,4,5,6);4*1H3;1H3;;;;;;;/q;7*-1;;;;;;;. The predicted molar refractivity (Wildman–Crippen MR) is 152 cm³/mol. The second-order valence-electron chi connectivity index (χ2n) is 6.87. The molecule has 50 heavy (non-hydrogen) atoms. The summed E-state index contributed by atoms with van der Waals surface area (Å²) in [4.78, 5) is 21.2. The molecule has 0 fully saturated rings. The quantitative estimate of drug-likeness (QED) is 0.185. The minimum Gasteiger partial charge on any atom is -0.613 e. The van der Waals surface area contributed by atoms with Crippen LogP contribution in [0.2, 0.25) is 0 Å². The van der Waals surface area contributed by atoms with Gasteiger partial charge >= 0.3 is 0 Å². The maximum absolute atomic E-state index is 4.49. The summed E-state index contributed by atoms with van der Waals surface area (Å²) in [6, 6.07) is 0. The third-order valence-corrected chi connectivity index (χ3v) is 4.39. The molecule has 7 radical (unpaired) electrons. The molecule has 0 saturated heterocycles. The molecule has 7 aromatic heterocycles. The smallest absolute Gasteiger partial charge is 0.102 e. The molecule has 0 unspecified atom stereocenters. The zero-order valence-corrected chi connectivity index (χ0v) is 39.1. The van der Waals surface area contributed by atoms with Crippen LogP contribution in [0, 0.1) is 93.1 Å². The van der Waals surface area contributed by atoms with Crippen LogP contribution in [0.4, 0.5) is 0 Å². The van der Waals surface area contributed by atoms with E-state index in [1.807, 2.05) is 34.6 Å². The maximum Gasteiger partial charge on any atom is 0.102 e. The Morgan fingerprint density at radius 3 is 1.36 bits per heavy atom. The number of aromatic amines is 3.